The highest BCUT2D eigenvalue weighted by Gasteiger charge is 2.21. The van der Waals surface area contributed by atoms with Gasteiger partial charge in [0.05, 0.1) is 11.4 Å². The largest absolute Gasteiger partial charge is 0.338 e. The third-order valence-electron chi connectivity index (χ3n) is 5.42. The molecular weight excluding hydrogens is 306 g/mol. The number of thiophene rings is 1. The summed E-state index contributed by atoms with van der Waals surface area (Å²) in [7, 11) is 0. The maximum absolute atomic E-state index is 12.5. The van der Waals surface area contributed by atoms with Gasteiger partial charge in [-0.05, 0) is 50.5 Å². The SMILES string of the molecule is O=c1[nH]c(C[NH2+]C2CCCCCCC2)nc2sc3c(c12)CCC3. The molecule has 4 nitrogen and oxygen atoms in total. The van der Waals surface area contributed by atoms with Crippen LogP contribution in [-0.4, -0.2) is 16.0 Å². The molecule has 2 aliphatic carbocycles. The fourth-order valence-electron chi connectivity index (χ4n) is 4.15. The fraction of sp³-hybridized carbons (Fsp3) is 0.667. The highest BCUT2D eigenvalue weighted by atomic mass is 32.1. The maximum atomic E-state index is 12.5. The van der Waals surface area contributed by atoms with E-state index in [1.807, 2.05) is 0 Å². The number of aryl methyl sites for hydroxylation is 2. The Hall–Kier alpha value is -1.20. The molecule has 0 radical (unpaired) electrons. The van der Waals surface area contributed by atoms with Crippen molar-refractivity contribution < 1.29 is 5.32 Å². The molecule has 0 atom stereocenters. The molecule has 2 aromatic heterocycles. The number of aromatic nitrogens is 2. The van der Waals surface area contributed by atoms with Gasteiger partial charge in [-0.3, -0.25) is 4.79 Å². The van der Waals surface area contributed by atoms with Gasteiger partial charge in [0.25, 0.3) is 5.56 Å². The summed E-state index contributed by atoms with van der Waals surface area (Å²) in [5.74, 6) is 0.851. The summed E-state index contributed by atoms with van der Waals surface area (Å²) in [5, 5.41) is 3.27. The highest BCUT2D eigenvalue weighted by molar-refractivity contribution is 7.18. The van der Waals surface area contributed by atoms with Crippen LogP contribution in [-0.2, 0) is 19.4 Å². The number of quaternary nitrogens is 1. The molecule has 0 spiro atoms. The minimum Gasteiger partial charge on any atom is -0.338 e. The second-order valence-electron chi connectivity index (χ2n) is 7.10. The first-order chi connectivity index (χ1) is 11.3. The normalized spacial score (nSPS) is 19.7. The molecule has 3 N–H and O–H groups in total. The molecule has 0 amide bonds. The lowest BCUT2D eigenvalue weighted by molar-refractivity contribution is -0.706. The number of nitrogens with zero attached hydrogens (tertiary/aromatic N) is 1. The van der Waals surface area contributed by atoms with Gasteiger partial charge in [0.15, 0.2) is 5.82 Å². The van der Waals surface area contributed by atoms with Gasteiger partial charge in [-0.15, -0.1) is 11.3 Å². The zero-order chi connectivity index (χ0) is 15.6. The highest BCUT2D eigenvalue weighted by Crippen LogP contribution is 2.34. The predicted molar refractivity (Wildman–Crippen MR) is 94.0 cm³/mol. The molecule has 4 rings (SSSR count). The van der Waals surface area contributed by atoms with E-state index in [-0.39, 0.29) is 5.56 Å². The van der Waals surface area contributed by atoms with Crippen LogP contribution in [0.15, 0.2) is 4.79 Å². The lowest BCUT2D eigenvalue weighted by Gasteiger charge is -2.17. The van der Waals surface area contributed by atoms with Gasteiger partial charge in [-0.2, -0.15) is 0 Å². The van der Waals surface area contributed by atoms with Crippen LogP contribution in [0.4, 0.5) is 0 Å². The van der Waals surface area contributed by atoms with Gasteiger partial charge in [-0.25, -0.2) is 4.98 Å². The van der Waals surface area contributed by atoms with Crippen molar-refractivity contribution in [2.45, 2.75) is 76.8 Å². The van der Waals surface area contributed by atoms with Crippen LogP contribution in [0, 0.1) is 0 Å². The van der Waals surface area contributed by atoms with Crippen molar-refractivity contribution in [3.05, 3.63) is 26.6 Å². The minimum atomic E-state index is 0.0791. The molecule has 23 heavy (non-hydrogen) atoms. The van der Waals surface area contributed by atoms with Crippen LogP contribution in [0.5, 0.6) is 0 Å². The molecule has 5 heteroatoms. The van der Waals surface area contributed by atoms with E-state index >= 15 is 0 Å². The zero-order valence-corrected chi connectivity index (χ0v) is 14.5. The summed E-state index contributed by atoms with van der Waals surface area (Å²) >= 11 is 1.74. The Kier molecular flexibility index (Phi) is 4.49. The number of nitrogens with one attached hydrogen (secondary N) is 1. The monoisotopic (exact) mass is 332 g/mol. The van der Waals surface area contributed by atoms with Crippen LogP contribution >= 0.6 is 11.3 Å². The molecular formula is C18H26N3OS+. The fourth-order valence-corrected chi connectivity index (χ4v) is 5.43. The molecule has 1 saturated carbocycles. The van der Waals surface area contributed by atoms with Crippen LogP contribution in [0.2, 0.25) is 0 Å². The Labute approximate surface area is 140 Å². The van der Waals surface area contributed by atoms with E-state index in [1.165, 1.54) is 61.8 Å². The first-order valence-electron chi connectivity index (χ1n) is 9.18. The van der Waals surface area contributed by atoms with Crippen molar-refractivity contribution in [3.8, 4) is 0 Å². The number of fused-ring (bicyclic) bond motifs is 3. The standard InChI is InChI=1S/C18H25N3OS/c22-17-16-13-9-6-10-14(13)23-18(16)21-15(20-17)11-19-12-7-4-2-1-3-5-8-12/h12,19H,1-11H2,(H,20,21,22)/p+1. The summed E-state index contributed by atoms with van der Waals surface area (Å²) in [6.45, 7) is 0.804. The number of rotatable bonds is 3. The third-order valence-corrected chi connectivity index (χ3v) is 6.60. The molecule has 0 aliphatic heterocycles. The van der Waals surface area contributed by atoms with Gasteiger partial charge < -0.3 is 10.3 Å². The average molecular weight is 332 g/mol. The zero-order valence-electron chi connectivity index (χ0n) is 13.7. The second-order valence-corrected chi connectivity index (χ2v) is 8.18. The Bertz CT molecular complexity index is 741. The van der Waals surface area contributed by atoms with E-state index in [1.54, 1.807) is 11.3 Å². The molecule has 2 heterocycles. The molecule has 0 unspecified atom stereocenters. The van der Waals surface area contributed by atoms with Crippen molar-refractivity contribution in [3.63, 3.8) is 0 Å². The van der Waals surface area contributed by atoms with Gasteiger partial charge >= 0.3 is 0 Å². The Morgan fingerprint density at radius 1 is 1.09 bits per heavy atom. The molecule has 2 aliphatic rings. The number of hydrogen-bond donors (Lipinski definition) is 2. The van der Waals surface area contributed by atoms with Crippen LogP contribution in [0.1, 0.15) is 67.6 Å². The van der Waals surface area contributed by atoms with Gasteiger partial charge in [-0.1, -0.05) is 19.3 Å². The van der Waals surface area contributed by atoms with Crippen LogP contribution in [0.3, 0.4) is 0 Å². The lowest BCUT2D eigenvalue weighted by Crippen LogP contribution is -2.88. The molecule has 124 valence electrons. The Morgan fingerprint density at radius 2 is 1.87 bits per heavy atom. The Morgan fingerprint density at radius 3 is 2.70 bits per heavy atom. The minimum absolute atomic E-state index is 0.0791. The van der Waals surface area contributed by atoms with E-state index < -0.39 is 0 Å². The van der Waals surface area contributed by atoms with Crippen LogP contribution < -0.4 is 10.9 Å². The van der Waals surface area contributed by atoms with Crippen molar-refractivity contribution in [1.29, 1.82) is 0 Å². The number of nitrogens with two attached hydrogens (primary N) is 1. The summed E-state index contributed by atoms with van der Waals surface area (Å²) in [6.07, 6.45) is 12.8. The van der Waals surface area contributed by atoms with Crippen LogP contribution in [0.25, 0.3) is 10.2 Å². The van der Waals surface area contributed by atoms with E-state index in [0.717, 1.165) is 35.4 Å². The first kappa shape index (κ1) is 15.3. The third kappa shape index (κ3) is 3.22. The number of aromatic amines is 1. The second kappa shape index (κ2) is 6.73. The number of hydrogen-bond acceptors (Lipinski definition) is 3. The maximum Gasteiger partial charge on any atom is 0.260 e. The predicted octanol–water partition coefficient (Wildman–Crippen LogP) is 2.65. The molecule has 2 aromatic rings. The van der Waals surface area contributed by atoms with Gasteiger partial charge in [0.1, 0.15) is 11.4 Å². The molecule has 1 fully saturated rings. The topological polar surface area (TPSA) is 62.4 Å². The van der Waals surface area contributed by atoms with Gasteiger partial charge in [0.2, 0.25) is 0 Å². The summed E-state index contributed by atoms with van der Waals surface area (Å²) in [4.78, 5) is 22.6. The smallest absolute Gasteiger partial charge is 0.260 e. The van der Waals surface area contributed by atoms with Crippen molar-refractivity contribution in [1.82, 2.24) is 9.97 Å². The summed E-state index contributed by atoms with van der Waals surface area (Å²) in [6, 6.07) is 0.699. The quantitative estimate of drug-likeness (QED) is 0.908. The Balaban J connectivity index is 1.50. The first-order valence-corrected chi connectivity index (χ1v) is 9.99. The van der Waals surface area contributed by atoms with Crippen molar-refractivity contribution in [2.24, 2.45) is 0 Å². The van der Waals surface area contributed by atoms with E-state index in [9.17, 15) is 4.79 Å². The van der Waals surface area contributed by atoms with Gasteiger partial charge in [0, 0.05) is 4.88 Å². The lowest BCUT2D eigenvalue weighted by atomic mass is 9.97. The average Bonchev–Trinajstić information content (AvgIpc) is 3.06. The van der Waals surface area contributed by atoms with E-state index in [2.05, 4.69) is 10.3 Å². The van der Waals surface area contributed by atoms with E-state index in [0.29, 0.717) is 6.04 Å². The van der Waals surface area contributed by atoms with Crippen molar-refractivity contribution >= 4 is 21.6 Å². The number of H-pyrrole nitrogens is 1. The van der Waals surface area contributed by atoms with E-state index in [4.69, 9.17) is 4.98 Å². The van der Waals surface area contributed by atoms with Crippen molar-refractivity contribution in [2.75, 3.05) is 0 Å². The summed E-state index contributed by atoms with van der Waals surface area (Å²) in [5.41, 5.74) is 1.35. The molecule has 0 saturated heterocycles. The molecule has 0 bridgehead atoms. The summed E-state index contributed by atoms with van der Waals surface area (Å²) < 4.78 is 0. The molecule has 0 aromatic carbocycles.